The highest BCUT2D eigenvalue weighted by Crippen LogP contribution is 2.37. The van der Waals surface area contributed by atoms with Gasteiger partial charge >= 0.3 is 0 Å². The van der Waals surface area contributed by atoms with Crippen LogP contribution in [0.5, 0.6) is 0 Å². The Bertz CT molecular complexity index is 559. The first-order valence-electron chi connectivity index (χ1n) is 7.13. The van der Waals surface area contributed by atoms with Gasteiger partial charge in [-0.1, -0.05) is 13.8 Å². The zero-order valence-electron chi connectivity index (χ0n) is 12.4. The number of nitro groups is 1. The van der Waals surface area contributed by atoms with E-state index in [0.717, 1.165) is 25.7 Å². The Morgan fingerprint density at radius 2 is 2.00 bits per heavy atom. The van der Waals surface area contributed by atoms with Gasteiger partial charge in [0, 0.05) is 17.7 Å². The van der Waals surface area contributed by atoms with Gasteiger partial charge in [0.15, 0.2) is 0 Å². The normalized spacial score (nSPS) is 18.2. The van der Waals surface area contributed by atoms with Crippen LogP contribution in [0.15, 0.2) is 18.2 Å². The van der Waals surface area contributed by atoms with Gasteiger partial charge in [-0.3, -0.25) is 14.9 Å². The summed E-state index contributed by atoms with van der Waals surface area (Å²) in [5, 5.41) is 14.4. The molecule has 6 heteroatoms. The molecule has 0 spiro atoms. The summed E-state index contributed by atoms with van der Waals surface area (Å²) in [6.45, 7) is 4.49. The Labute approximate surface area is 123 Å². The van der Waals surface area contributed by atoms with E-state index in [1.165, 1.54) is 12.1 Å². The molecule has 6 nitrogen and oxygen atoms in total. The van der Waals surface area contributed by atoms with Gasteiger partial charge in [0.25, 0.3) is 5.69 Å². The number of nitrogens with zero attached hydrogens (tertiary/aromatic N) is 1. The van der Waals surface area contributed by atoms with Crippen molar-refractivity contribution in [3.8, 4) is 0 Å². The van der Waals surface area contributed by atoms with Gasteiger partial charge in [0.05, 0.1) is 4.92 Å². The van der Waals surface area contributed by atoms with E-state index in [1.54, 1.807) is 6.07 Å². The van der Waals surface area contributed by atoms with Crippen molar-refractivity contribution in [2.24, 2.45) is 11.1 Å². The fraction of sp³-hybridized carbons (Fsp3) is 0.533. The molecule has 0 heterocycles. The van der Waals surface area contributed by atoms with Crippen LogP contribution < -0.4 is 11.1 Å². The van der Waals surface area contributed by atoms with E-state index in [9.17, 15) is 14.9 Å². The lowest BCUT2D eigenvalue weighted by Gasteiger charge is -2.35. The Kier molecular flexibility index (Phi) is 4.16. The molecule has 2 rings (SSSR count). The van der Waals surface area contributed by atoms with E-state index in [2.05, 4.69) is 19.2 Å². The lowest BCUT2D eigenvalue weighted by atomic mass is 9.75. The Hall–Kier alpha value is -2.11. The number of nitrogens with two attached hydrogens (primary N) is 1. The molecular weight excluding hydrogens is 270 g/mol. The molecule has 1 amide bonds. The highest BCUT2D eigenvalue weighted by Gasteiger charge is 2.28. The van der Waals surface area contributed by atoms with Gasteiger partial charge in [-0.05, 0) is 43.2 Å². The molecular formula is C15H21N3O3. The second-order valence-electron chi connectivity index (χ2n) is 6.44. The quantitative estimate of drug-likeness (QED) is 0.657. The lowest BCUT2D eigenvalue weighted by molar-refractivity contribution is -0.384. The number of nitrogens with one attached hydrogen (secondary N) is 1. The van der Waals surface area contributed by atoms with Crippen molar-refractivity contribution in [1.29, 1.82) is 0 Å². The first-order chi connectivity index (χ1) is 9.78. The van der Waals surface area contributed by atoms with E-state index in [1.807, 2.05) is 0 Å². The Balaban J connectivity index is 2.16. The van der Waals surface area contributed by atoms with Crippen molar-refractivity contribution in [3.63, 3.8) is 0 Å². The molecule has 1 saturated carbocycles. The maximum absolute atomic E-state index is 11.2. The smallest absolute Gasteiger partial charge is 0.293 e. The van der Waals surface area contributed by atoms with E-state index >= 15 is 0 Å². The van der Waals surface area contributed by atoms with Crippen molar-refractivity contribution in [3.05, 3.63) is 33.9 Å². The van der Waals surface area contributed by atoms with Crippen LogP contribution >= 0.6 is 0 Å². The predicted molar refractivity (Wildman–Crippen MR) is 81.3 cm³/mol. The van der Waals surface area contributed by atoms with Crippen LogP contribution in [0.1, 0.15) is 49.9 Å². The Morgan fingerprint density at radius 1 is 1.38 bits per heavy atom. The second-order valence-corrected chi connectivity index (χ2v) is 6.44. The van der Waals surface area contributed by atoms with Crippen molar-refractivity contribution in [2.45, 2.75) is 45.6 Å². The lowest BCUT2D eigenvalue weighted by Crippen LogP contribution is -2.30. The van der Waals surface area contributed by atoms with Crippen molar-refractivity contribution in [2.75, 3.05) is 5.32 Å². The average molecular weight is 291 g/mol. The van der Waals surface area contributed by atoms with Crippen LogP contribution in [-0.2, 0) is 0 Å². The molecule has 1 fully saturated rings. The molecule has 0 aliphatic heterocycles. The van der Waals surface area contributed by atoms with Gasteiger partial charge in [0.1, 0.15) is 5.69 Å². The molecule has 0 atom stereocenters. The van der Waals surface area contributed by atoms with Crippen LogP contribution in [0.2, 0.25) is 0 Å². The summed E-state index contributed by atoms with van der Waals surface area (Å²) in [7, 11) is 0. The van der Waals surface area contributed by atoms with E-state index in [0.29, 0.717) is 11.1 Å². The number of hydrogen-bond acceptors (Lipinski definition) is 4. The first-order valence-corrected chi connectivity index (χ1v) is 7.13. The molecule has 0 saturated heterocycles. The van der Waals surface area contributed by atoms with Gasteiger partial charge < -0.3 is 11.1 Å². The fourth-order valence-electron chi connectivity index (χ4n) is 2.72. The molecule has 1 aliphatic carbocycles. The minimum absolute atomic E-state index is 0.101. The number of carbonyl (C=O) groups is 1. The maximum atomic E-state index is 11.2. The standard InChI is InChI=1S/C15H21N3O3/c1-15(2)7-5-11(6-8-15)17-12-4-3-10(14(16)19)9-13(12)18(20)21/h3-4,9,11,17H,5-8H2,1-2H3,(H2,16,19). The molecule has 21 heavy (non-hydrogen) atoms. The number of benzene rings is 1. The molecule has 0 aromatic heterocycles. The summed E-state index contributed by atoms with van der Waals surface area (Å²) in [6.07, 6.45) is 4.17. The van der Waals surface area contributed by atoms with Crippen molar-refractivity contribution >= 4 is 17.3 Å². The zero-order valence-corrected chi connectivity index (χ0v) is 12.4. The number of primary amides is 1. The minimum atomic E-state index is -0.663. The zero-order chi connectivity index (χ0) is 15.6. The molecule has 1 aromatic carbocycles. The van der Waals surface area contributed by atoms with Crippen LogP contribution in [0.4, 0.5) is 11.4 Å². The molecule has 1 aromatic rings. The summed E-state index contributed by atoms with van der Waals surface area (Å²) in [6, 6.07) is 4.55. The van der Waals surface area contributed by atoms with Crippen molar-refractivity contribution < 1.29 is 9.72 Å². The van der Waals surface area contributed by atoms with Gasteiger partial charge in [-0.25, -0.2) is 0 Å². The monoisotopic (exact) mass is 291 g/mol. The number of nitro benzene ring substituents is 1. The average Bonchev–Trinajstić information content (AvgIpc) is 2.41. The third-order valence-corrected chi connectivity index (χ3v) is 4.18. The van der Waals surface area contributed by atoms with Crippen LogP contribution in [0.3, 0.4) is 0 Å². The predicted octanol–water partition coefficient (Wildman–Crippen LogP) is 3.07. The third kappa shape index (κ3) is 3.71. The molecule has 3 N–H and O–H groups in total. The van der Waals surface area contributed by atoms with Crippen LogP contribution in [0.25, 0.3) is 0 Å². The first kappa shape index (κ1) is 15.3. The number of anilines is 1. The molecule has 0 unspecified atom stereocenters. The highest BCUT2D eigenvalue weighted by molar-refractivity contribution is 5.94. The van der Waals surface area contributed by atoms with E-state index in [4.69, 9.17) is 5.73 Å². The summed E-state index contributed by atoms with van der Waals surface area (Å²) < 4.78 is 0. The van der Waals surface area contributed by atoms with E-state index < -0.39 is 10.8 Å². The maximum Gasteiger partial charge on any atom is 0.293 e. The van der Waals surface area contributed by atoms with Gasteiger partial charge in [-0.2, -0.15) is 0 Å². The summed E-state index contributed by atoms with van der Waals surface area (Å²) >= 11 is 0. The van der Waals surface area contributed by atoms with Gasteiger partial charge in [0.2, 0.25) is 5.91 Å². The second kappa shape index (κ2) is 5.71. The minimum Gasteiger partial charge on any atom is -0.377 e. The number of rotatable bonds is 4. The largest absolute Gasteiger partial charge is 0.377 e. The number of amides is 1. The summed E-state index contributed by atoms with van der Waals surface area (Å²) in [5.41, 5.74) is 6.01. The molecule has 114 valence electrons. The summed E-state index contributed by atoms with van der Waals surface area (Å²) in [4.78, 5) is 21.8. The topological polar surface area (TPSA) is 98.3 Å². The van der Waals surface area contributed by atoms with Gasteiger partial charge in [-0.15, -0.1) is 0 Å². The molecule has 0 radical (unpaired) electrons. The SMILES string of the molecule is CC1(C)CCC(Nc2ccc(C(N)=O)cc2[N+](=O)[O-])CC1. The van der Waals surface area contributed by atoms with Crippen molar-refractivity contribution in [1.82, 2.24) is 0 Å². The van der Waals surface area contributed by atoms with Crippen LogP contribution in [0, 0.1) is 15.5 Å². The molecule has 1 aliphatic rings. The number of hydrogen-bond donors (Lipinski definition) is 2. The summed E-state index contributed by atoms with van der Waals surface area (Å²) in [5.74, 6) is -0.663. The fourth-order valence-corrected chi connectivity index (χ4v) is 2.72. The highest BCUT2D eigenvalue weighted by atomic mass is 16.6. The molecule has 0 bridgehead atoms. The van der Waals surface area contributed by atoms with Crippen LogP contribution in [-0.4, -0.2) is 16.9 Å². The van der Waals surface area contributed by atoms with E-state index in [-0.39, 0.29) is 17.3 Å². The number of carbonyl (C=O) groups excluding carboxylic acids is 1. The Morgan fingerprint density at radius 3 is 2.52 bits per heavy atom. The third-order valence-electron chi connectivity index (χ3n) is 4.18.